The summed E-state index contributed by atoms with van der Waals surface area (Å²) in [5, 5.41) is 0. The van der Waals surface area contributed by atoms with E-state index in [9.17, 15) is 0 Å². The predicted molar refractivity (Wildman–Crippen MR) is 56.2 cm³/mol. The van der Waals surface area contributed by atoms with Crippen LogP contribution in [0.5, 0.6) is 0 Å². The number of aryl methyl sites for hydroxylation is 1. The fraction of sp³-hybridized carbons (Fsp3) is 0.250. The summed E-state index contributed by atoms with van der Waals surface area (Å²) in [7, 11) is 0. The summed E-state index contributed by atoms with van der Waals surface area (Å²) in [5.74, 6) is 0. The molecule has 1 aromatic carbocycles. The Morgan fingerprint density at radius 1 is 1.15 bits per heavy atom. The quantitative estimate of drug-likeness (QED) is 0.615. The van der Waals surface area contributed by atoms with Crippen molar-refractivity contribution >= 4 is 5.71 Å². The van der Waals surface area contributed by atoms with Gasteiger partial charge in [0.2, 0.25) is 0 Å². The molecule has 1 aromatic rings. The van der Waals surface area contributed by atoms with Gasteiger partial charge in [-0.25, -0.2) is 0 Å². The second-order valence-electron chi connectivity index (χ2n) is 3.43. The molecular weight excluding hydrogens is 158 g/mol. The first-order chi connectivity index (χ1) is 6.27. The number of rotatable bonds is 1. The molecule has 1 heteroatoms. The monoisotopic (exact) mass is 171 g/mol. The van der Waals surface area contributed by atoms with Gasteiger partial charge in [0, 0.05) is 5.71 Å². The smallest absolute Gasteiger partial charge is 0.0939 e. The largest absolute Gasteiger partial charge is 0.278 e. The van der Waals surface area contributed by atoms with E-state index in [2.05, 4.69) is 48.3 Å². The number of allylic oxidation sites excluding steroid dienone is 1. The van der Waals surface area contributed by atoms with Crippen LogP contribution >= 0.6 is 0 Å². The fourth-order valence-corrected chi connectivity index (χ4v) is 1.63. The molecule has 0 bridgehead atoms. The summed E-state index contributed by atoms with van der Waals surface area (Å²) >= 11 is 0. The van der Waals surface area contributed by atoms with Crippen molar-refractivity contribution in [2.45, 2.75) is 19.9 Å². The van der Waals surface area contributed by atoms with E-state index in [0.29, 0.717) is 0 Å². The molecule has 0 N–H and O–H groups in total. The predicted octanol–water partition coefficient (Wildman–Crippen LogP) is 3.07. The number of hydrogen-bond acceptors (Lipinski definition) is 1. The lowest BCUT2D eigenvalue weighted by Crippen LogP contribution is -1.92. The summed E-state index contributed by atoms with van der Waals surface area (Å²) in [4.78, 5) is 4.53. The highest BCUT2D eigenvalue weighted by atomic mass is 14.8. The van der Waals surface area contributed by atoms with Crippen molar-refractivity contribution in [1.29, 1.82) is 0 Å². The average molecular weight is 171 g/mol. The number of nitrogens with zero attached hydrogens (tertiary/aromatic N) is 1. The van der Waals surface area contributed by atoms with E-state index in [1.807, 2.05) is 6.92 Å². The highest BCUT2D eigenvalue weighted by Gasteiger charge is 2.11. The Labute approximate surface area is 78.8 Å². The third-order valence-corrected chi connectivity index (χ3v) is 2.37. The zero-order valence-electron chi connectivity index (χ0n) is 7.99. The molecular formula is C12H13N. The highest BCUT2D eigenvalue weighted by molar-refractivity contribution is 5.94. The van der Waals surface area contributed by atoms with Gasteiger partial charge in [-0.15, -0.1) is 0 Å². The van der Waals surface area contributed by atoms with Crippen LogP contribution in [0, 0.1) is 6.92 Å². The van der Waals surface area contributed by atoms with Crippen LogP contribution in [0.2, 0.25) is 0 Å². The molecule has 13 heavy (non-hydrogen) atoms. The van der Waals surface area contributed by atoms with Gasteiger partial charge in [-0.3, -0.25) is 4.99 Å². The van der Waals surface area contributed by atoms with Crippen molar-refractivity contribution < 1.29 is 0 Å². The zero-order chi connectivity index (χ0) is 9.26. The summed E-state index contributed by atoms with van der Waals surface area (Å²) in [6.07, 6.45) is 4.23. The fourth-order valence-electron chi connectivity index (χ4n) is 1.63. The minimum Gasteiger partial charge on any atom is -0.278 e. The van der Waals surface area contributed by atoms with Crippen LogP contribution < -0.4 is 0 Å². The molecule has 1 aliphatic heterocycles. The molecule has 0 saturated heterocycles. The van der Waals surface area contributed by atoms with Crippen molar-refractivity contribution in [1.82, 2.24) is 0 Å². The third-order valence-electron chi connectivity index (χ3n) is 2.37. The first-order valence-corrected chi connectivity index (χ1v) is 4.55. The molecule has 0 fully saturated rings. The number of benzene rings is 1. The highest BCUT2D eigenvalue weighted by Crippen LogP contribution is 2.25. The first-order valence-electron chi connectivity index (χ1n) is 4.55. The van der Waals surface area contributed by atoms with E-state index < -0.39 is 0 Å². The van der Waals surface area contributed by atoms with Crippen LogP contribution in [0.15, 0.2) is 41.4 Å². The van der Waals surface area contributed by atoms with Gasteiger partial charge in [0.05, 0.1) is 6.04 Å². The van der Waals surface area contributed by atoms with Crippen LogP contribution in [-0.2, 0) is 0 Å². The molecule has 1 nitrogen and oxygen atoms in total. The summed E-state index contributed by atoms with van der Waals surface area (Å²) < 4.78 is 0. The van der Waals surface area contributed by atoms with Crippen molar-refractivity contribution in [3.8, 4) is 0 Å². The molecule has 1 atom stereocenters. The molecule has 1 unspecified atom stereocenters. The van der Waals surface area contributed by atoms with Crippen LogP contribution in [0.25, 0.3) is 0 Å². The maximum absolute atomic E-state index is 4.53. The van der Waals surface area contributed by atoms with Gasteiger partial charge in [0.1, 0.15) is 0 Å². The molecule has 0 spiro atoms. The third kappa shape index (κ3) is 1.55. The summed E-state index contributed by atoms with van der Waals surface area (Å²) in [6, 6.07) is 8.66. The minimum atomic E-state index is 0.251. The van der Waals surface area contributed by atoms with Crippen molar-refractivity contribution in [3.63, 3.8) is 0 Å². The number of hydrogen-bond donors (Lipinski definition) is 0. The topological polar surface area (TPSA) is 12.4 Å². The lowest BCUT2D eigenvalue weighted by Gasteiger charge is -2.08. The maximum atomic E-state index is 4.53. The molecule has 0 radical (unpaired) electrons. The second-order valence-corrected chi connectivity index (χ2v) is 3.43. The van der Waals surface area contributed by atoms with Crippen LogP contribution in [0.4, 0.5) is 0 Å². The average Bonchev–Trinajstić information content (AvgIpc) is 2.53. The van der Waals surface area contributed by atoms with E-state index in [1.165, 1.54) is 11.1 Å². The summed E-state index contributed by atoms with van der Waals surface area (Å²) in [5.41, 5.74) is 3.75. The Bertz CT molecular complexity index is 374. The molecule has 2 rings (SSSR count). The van der Waals surface area contributed by atoms with E-state index in [1.54, 1.807) is 0 Å². The van der Waals surface area contributed by atoms with Crippen LogP contribution in [0.3, 0.4) is 0 Å². The zero-order valence-corrected chi connectivity index (χ0v) is 7.99. The molecule has 1 heterocycles. The molecule has 0 saturated carbocycles. The Hall–Kier alpha value is -1.37. The van der Waals surface area contributed by atoms with Gasteiger partial charge in [-0.2, -0.15) is 0 Å². The van der Waals surface area contributed by atoms with E-state index in [-0.39, 0.29) is 6.04 Å². The Kier molecular flexibility index (Phi) is 2.01. The molecule has 66 valence electrons. The maximum Gasteiger partial charge on any atom is 0.0939 e. The Morgan fingerprint density at radius 3 is 2.54 bits per heavy atom. The van der Waals surface area contributed by atoms with Gasteiger partial charge in [0.15, 0.2) is 0 Å². The molecule has 0 aromatic heterocycles. The number of aliphatic imine (C=N–C) groups is 1. The normalized spacial score (nSPS) is 20.5. The van der Waals surface area contributed by atoms with E-state index in [0.717, 1.165) is 5.71 Å². The lowest BCUT2D eigenvalue weighted by atomic mass is 10.0. The Balaban J connectivity index is 2.38. The SMILES string of the molecule is CC1=NC(c2ccccc2C)C=C1. The second kappa shape index (κ2) is 3.17. The molecule has 0 aliphatic carbocycles. The lowest BCUT2D eigenvalue weighted by molar-refractivity contribution is 0.919. The first kappa shape index (κ1) is 8.24. The standard InChI is InChI=1S/C12H13N/c1-9-5-3-4-6-11(9)12-8-7-10(2)13-12/h3-8,12H,1-2H3. The van der Waals surface area contributed by atoms with Gasteiger partial charge >= 0.3 is 0 Å². The van der Waals surface area contributed by atoms with Crippen molar-refractivity contribution in [3.05, 3.63) is 47.5 Å². The van der Waals surface area contributed by atoms with Crippen LogP contribution in [-0.4, -0.2) is 5.71 Å². The van der Waals surface area contributed by atoms with Gasteiger partial charge in [-0.1, -0.05) is 30.3 Å². The van der Waals surface area contributed by atoms with Gasteiger partial charge in [0.25, 0.3) is 0 Å². The van der Waals surface area contributed by atoms with E-state index in [4.69, 9.17) is 0 Å². The van der Waals surface area contributed by atoms with Gasteiger partial charge in [-0.05, 0) is 31.1 Å². The molecule has 0 amide bonds. The van der Waals surface area contributed by atoms with E-state index >= 15 is 0 Å². The Morgan fingerprint density at radius 2 is 1.92 bits per heavy atom. The van der Waals surface area contributed by atoms with Gasteiger partial charge < -0.3 is 0 Å². The van der Waals surface area contributed by atoms with Crippen molar-refractivity contribution in [2.24, 2.45) is 4.99 Å². The van der Waals surface area contributed by atoms with Crippen LogP contribution in [0.1, 0.15) is 24.1 Å². The van der Waals surface area contributed by atoms with Crippen molar-refractivity contribution in [2.75, 3.05) is 0 Å². The summed E-state index contributed by atoms with van der Waals surface area (Å²) in [6.45, 7) is 4.17. The minimum absolute atomic E-state index is 0.251. The molecule has 1 aliphatic rings.